The molecule has 0 aliphatic carbocycles. The zero-order valence-corrected chi connectivity index (χ0v) is 34.6. The third kappa shape index (κ3) is 39.1. The van der Waals surface area contributed by atoms with E-state index in [0.717, 1.165) is 70.6 Å². The van der Waals surface area contributed by atoms with Gasteiger partial charge in [-0.1, -0.05) is 199 Å². The van der Waals surface area contributed by atoms with Crippen LogP contribution in [-0.2, 0) is 28.6 Å². The summed E-state index contributed by atoms with van der Waals surface area (Å²) in [5, 5.41) is 0. The maximum absolute atomic E-state index is 12.7. The predicted molar refractivity (Wildman–Crippen MR) is 219 cm³/mol. The van der Waals surface area contributed by atoms with E-state index in [1.165, 1.54) is 122 Å². The fourth-order valence-electron chi connectivity index (χ4n) is 6.30. The lowest BCUT2D eigenvalue weighted by molar-refractivity contribution is -0.167. The van der Waals surface area contributed by atoms with Gasteiger partial charge in [0.25, 0.3) is 0 Å². The van der Waals surface area contributed by atoms with E-state index >= 15 is 0 Å². The molecule has 6 heteroatoms. The molecule has 0 N–H and O–H groups in total. The van der Waals surface area contributed by atoms with Gasteiger partial charge in [-0.25, -0.2) is 0 Å². The Bertz CT molecular complexity index is 850. The van der Waals surface area contributed by atoms with Crippen LogP contribution in [0.5, 0.6) is 0 Å². The Kier molecular flexibility index (Phi) is 40.0. The molecule has 304 valence electrons. The maximum Gasteiger partial charge on any atom is 0.306 e. The van der Waals surface area contributed by atoms with Crippen LogP contribution in [0.4, 0.5) is 0 Å². The van der Waals surface area contributed by atoms with Gasteiger partial charge in [0.05, 0.1) is 0 Å². The molecule has 1 atom stereocenters. The average molecular weight is 733 g/mol. The molecule has 0 saturated heterocycles. The monoisotopic (exact) mass is 733 g/mol. The lowest BCUT2D eigenvalue weighted by Gasteiger charge is -2.18. The van der Waals surface area contributed by atoms with E-state index in [9.17, 15) is 14.4 Å². The van der Waals surface area contributed by atoms with Crippen molar-refractivity contribution in [1.29, 1.82) is 0 Å². The van der Waals surface area contributed by atoms with Gasteiger partial charge < -0.3 is 14.2 Å². The highest BCUT2D eigenvalue weighted by atomic mass is 16.6. The Hall–Kier alpha value is -2.11. The van der Waals surface area contributed by atoms with Gasteiger partial charge >= 0.3 is 17.9 Å². The summed E-state index contributed by atoms with van der Waals surface area (Å²) >= 11 is 0. The molecule has 0 aromatic rings. The molecule has 1 unspecified atom stereocenters. The summed E-state index contributed by atoms with van der Waals surface area (Å²) in [7, 11) is 0. The van der Waals surface area contributed by atoms with Crippen LogP contribution in [0.2, 0.25) is 0 Å². The second-order valence-corrected chi connectivity index (χ2v) is 15.0. The van der Waals surface area contributed by atoms with Crippen molar-refractivity contribution < 1.29 is 28.6 Å². The summed E-state index contributed by atoms with van der Waals surface area (Å²) in [6.07, 6.45) is 44.4. The number of carbonyl (C=O) groups excluding carboxylic acids is 3. The highest BCUT2D eigenvalue weighted by molar-refractivity contribution is 5.71. The lowest BCUT2D eigenvalue weighted by Crippen LogP contribution is -2.30. The van der Waals surface area contributed by atoms with Crippen LogP contribution in [0.3, 0.4) is 0 Å². The van der Waals surface area contributed by atoms with Crippen LogP contribution < -0.4 is 0 Å². The van der Waals surface area contributed by atoms with Crippen molar-refractivity contribution in [3.8, 4) is 0 Å². The van der Waals surface area contributed by atoms with E-state index in [-0.39, 0.29) is 31.1 Å². The van der Waals surface area contributed by atoms with E-state index < -0.39 is 6.10 Å². The van der Waals surface area contributed by atoms with Crippen molar-refractivity contribution in [1.82, 2.24) is 0 Å². The minimum Gasteiger partial charge on any atom is -0.462 e. The van der Waals surface area contributed by atoms with Gasteiger partial charge in [-0.05, 0) is 38.5 Å². The summed E-state index contributed by atoms with van der Waals surface area (Å²) < 4.78 is 16.7. The van der Waals surface area contributed by atoms with Crippen LogP contribution in [-0.4, -0.2) is 37.2 Å². The van der Waals surface area contributed by atoms with Gasteiger partial charge in [0.2, 0.25) is 0 Å². The summed E-state index contributed by atoms with van der Waals surface area (Å²) in [5.74, 6) is -0.903. The molecular weight excluding hydrogens is 648 g/mol. The smallest absolute Gasteiger partial charge is 0.306 e. The van der Waals surface area contributed by atoms with Gasteiger partial charge in [0, 0.05) is 19.3 Å². The summed E-state index contributed by atoms with van der Waals surface area (Å²) in [5.41, 5.74) is 0. The molecule has 0 spiro atoms. The Morgan fingerprint density at radius 2 is 0.692 bits per heavy atom. The van der Waals surface area contributed by atoms with Crippen molar-refractivity contribution in [3.05, 3.63) is 24.3 Å². The fraction of sp³-hybridized carbons (Fsp3) is 0.848. The lowest BCUT2D eigenvalue weighted by atomic mass is 10.0. The van der Waals surface area contributed by atoms with E-state index in [2.05, 4.69) is 45.1 Å². The quantitative estimate of drug-likeness (QED) is 0.0270. The number of carbonyl (C=O) groups is 3. The number of unbranched alkanes of at least 4 members (excludes halogenated alkanes) is 26. The molecule has 0 heterocycles. The minimum absolute atomic E-state index is 0.0783. The molecular formula is C46H84O6. The predicted octanol–water partition coefficient (Wildman–Crippen LogP) is 14.0. The van der Waals surface area contributed by atoms with E-state index in [1.807, 2.05) is 0 Å². The molecule has 0 saturated carbocycles. The van der Waals surface area contributed by atoms with Gasteiger partial charge in [0.15, 0.2) is 6.10 Å². The van der Waals surface area contributed by atoms with Crippen LogP contribution in [0.1, 0.15) is 233 Å². The van der Waals surface area contributed by atoms with Crippen molar-refractivity contribution in [2.24, 2.45) is 0 Å². The number of allylic oxidation sites excluding steroid dienone is 4. The number of rotatable bonds is 40. The summed E-state index contributed by atoms with van der Waals surface area (Å²) in [4.78, 5) is 37.6. The Morgan fingerprint density at radius 3 is 1.08 bits per heavy atom. The maximum atomic E-state index is 12.7. The molecule has 0 amide bonds. The largest absolute Gasteiger partial charge is 0.462 e. The van der Waals surface area contributed by atoms with Crippen molar-refractivity contribution >= 4 is 17.9 Å². The first kappa shape index (κ1) is 49.9. The number of ether oxygens (including phenoxy) is 3. The third-order valence-electron chi connectivity index (χ3n) is 9.74. The first-order valence-electron chi connectivity index (χ1n) is 22.4. The van der Waals surface area contributed by atoms with Gasteiger partial charge in [-0.2, -0.15) is 0 Å². The highest BCUT2D eigenvalue weighted by Crippen LogP contribution is 2.15. The second-order valence-electron chi connectivity index (χ2n) is 15.0. The zero-order valence-electron chi connectivity index (χ0n) is 34.6. The normalized spacial score (nSPS) is 12.1. The summed E-state index contributed by atoms with van der Waals surface area (Å²) in [6.45, 7) is 6.55. The number of hydrogen-bond acceptors (Lipinski definition) is 6. The van der Waals surface area contributed by atoms with Crippen molar-refractivity contribution in [2.75, 3.05) is 13.2 Å². The van der Waals surface area contributed by atoms with Crippen LogP contribution in [0, 0.1) is 0 Å². The fourth-order valence-corrected chi connectivity index (χ4v) is 6.30. The van der Waals surface area contributed by atoms with E-state index in [1.54, 1.807) is 0 Å². The standard InChI is InChI=1S/C46H84O6/c1-4-7-10-13-16-19-22-25-27-30-33-36-39-45(48)51-42-43(52-46(49)40-37-34-31-28-24-21-18-15-12-9-6-3)41-50-44(47)38-35-32-29-26-23-20-17-14-11-8-5-2/h15,18,21,24,43H,4-14,16-17,19-20,22-23,25-42H2,1-3H3/b18-15-,24-21-. The van der Waals surface area contributed by atoms with E-state index in [0.29, 0.717) is 19.3 Å². The molecule has 6 nitrogen and oxygen atoms in total. The molecule has 52 heavy (non-hydrogen) atoms. The Morgan fingerprint density at radius 1 is 0.385 bits per heavy atom. The second kappa shape index (κ2) is 41.6. The number of esters is 3. The first-order valence-corrected chi connectivity index (χ1v) is 22.4. The topological polar surface area (TPSA) is 78.9 Å². The molecule has 0 aromatic heterocycles. The number of hydrogen-bond donors (Lipinski definition) is 0. The molecule has 0 rings (SSSR count). The van der Waals surface area contributed by atoms with Gasteiger partial charge in [-0.3, -0.25) is 14.4 Å². The average Bonchev–Trinajstić information content (AvgIpc) is 3.14. The van der Waals surface area contributed by atoms with Gasteiger partial charge in [0.1, 0.15) is 13.2 Å². The van der Waals surface area contributed by atoms with Crippen molar-refractivity contribution in [2.45, 2.75) is 239 Å². The van der Waals surface area contributed by atoms with E-state index in [4.69, 9.17) is 14.2 Å². The summed E-state index contributed by atoms with van der Waals surface area (Å²) in [6, 6.07) is 0. The van der Waals surface area contributed by atoms with Crippen LogP contribution in [0.25, 0.3) is 0 Å². The van der Waals surface area contributed by atoms with Gasteiger partial charge in [-0.15, -0.1) is 0 Å². The van der Waals surface area contributed by atoms with Crippen LogP contribution in [0.15, 0.2) is 24.3 Å². The molecule has 0 aliphatic rings. The van der Waals surface area contributed by atoms with Crippen molar-refractivity contribution in [3.63, 3.8) is 0 Å². The first-order chi connectivity index (χ1) is 25.5. The SMILES string of the molecule is CCCC/C=C\C=C/CCCCCC(=O)OC(COC(=O)CCCCCCCCCCCCC)COC(=O)CCCCCCCCCCCCCC. The zero-order chi connectivity index (χ0) is 38.0. The third-order valence-corrected chi connectivity index (χ3v) is 9.74. The Balaban J connectivity index is 4.38. The Labute approximate surface area is 322 Å². The molecule has 0 radical (unpaired) electrons. The molecule has 0 fully saturated rings. The minimum atomic E-state index is -0.776. The van der Waals surface area contributed by atoms with Crippen LogP contribution >= 0.6 is 0 Å². The highest BCUT2D eigenvalue weighted by Gasteiger charge is 2.19. The molecule has 0 aromatic carbocycles. The molecule has 0 aliphatic heterocycles. The molecule has 0 bridgehead atoms.